The molecule has 0 aliphatic rings. The van der Waals surface area contributed by atoms with E-state index in [-0.39, 0.29) is 0 Å². The summed E-state index contributed by atoms with van der Waals surface area (Å²) in [6.45, 7) is 5.86. The van der Waals surface area contributed by atoms with Crippen LogP contribution < -0.4 is 0 Å². The lowest BCUT2D eigenvalue weighted by Crippen LogP contribution is -1.81. The summed E-state index contributed by atoms with van der Waals surface area (Å²) in [6, 6.07) is 10.5. The molecule has 0 amide bonds. The average molecular weight is 159 g/mol. The molecule has 0 heterocycles. The minimum absolute atomic E-state index is 1.10. The Morgan fingerprint density at radius 2 is 2.00 bits per heavy atom. The van der Waals surface area contributed by atoms with Crippen molar-refractivity contribution in [1.29, 1.82) is 0 Å². The molecule has 0 heteroatoms. The zero-order chi connectivity index (χ0) is 8.81. The van der Waals surface area contributed by atoms with Crippen LogP contribution in [0.2, 0.25) is 0 Å². The van der Waals surface area contributed by atoms with Crippen LogP contribution in [-0.2, 0) is 6.42 Å². The van der Waals surface area contributed by atoms with Crippen molar-refractivity contribution < 1.29 is 0 Å². The summed E-state index contributed by atoms with van der Waals surface area (Å²) in [5, 5.41) is 0. The van der Waals surface area contributed by atoms with E-state index < -0.39 is 0 Å². The molecule has 0 fully saturated rings. The minimum atomic E-state index is 1.10. The summed E-state index contributed by atoms with van der Waals surface area (Å²) in [7, 11) is 0. The second kappa shape index (κ2) is 4.76. The van der Waals surface area contributed by atoms with Crippen molar-refractivity contribution in [3.8, 4) is 0 Å². The quantitative estimate of drug-likeness (QED) is 0.634. The fourth-order valence-corrected chi connectivity index (χ4v) is 1.13. The molecule has 1 radical (unpaired) electrons. The van der Waals surface area contributed by atoms with Crippen LogP contribution in [0, 0.1) is 6.92 Å². The lowest BCUT2D eigenvalue weighted by molar-refractivity contribution is 0.993. The van der Waals surface area contributed by atoms with Gasteiger partial charge in [-0.1, -0.05) is 42.0 Å². The summed E-state index contributed by atoms with van der Waals surface area (Å²) in [5.41, 5.74) is 2.56. The van der Waals surface area contributed by atoms with Gasteiger partial charge in [-0.15, -0.1) is 0 Å². The van der Waals surface area contributed by atoms with Crippen LogP contribution in [0.25, 0.3) is 0 Å². The molecule has 0 N–H and O–H groups in total. The van der Waals surface area contributed by atoms with Gasteiger partial charge in [-0.3, -0.25) is 0 Å². The lowest BCUT2D eigenvalue weighted by atomic mass is 10.1. The molecule has 1 aromatic carbocycles. The van der Waals surface area contributed by atoms with Crippen LogP contribution >= 0.6 is 0 Å². The standard InChI is InChI=1S/C12H15/c1-11(2)7-6-10-12-8-4-3-5-9-12/h3-5,7-9H,1,6,10H2,2H3. The van der Waals surface area contributed by atoms with E-state index in [4.69, 9.17) is 0 Å². The second-order valence-corrected chi connectivity index (χ2v) is 3.07. The van der Waals surface area contributed by atoms with E-state index in [2.05, 4.69) is 37.3 Å². The van der Waals surface area contributed by atoms with Crippen molar-refractivity contribution in [2.75, 3.05) is 0 Å². The van der Waals surface area contributed by atoms with Gasteiger partial charge in [-0.2, -0.15) is 0 Å². The van der Waals surface area contributed by atoms with Crippen molar-refractivity contribution >= 4 is 0 Å². The summed E-state index contributed by atoms with van der Waals surface area (Å²) >= 11 is 0. The Morgan fingerprint density at radius 1 is 1.33 bits per heavy atom. The molecule has 0 saturated heterocycles. The van der Waals surface area contributed by atoms with E-state index in [1.807, 2.05) is 13.0 Å². The van der Waals surface area contributed by atoms with Gasteiger partial charge in [0.2, 0.25) is 0 Å². The number of benzene rings is 1. The van der Waals surface area contributed by atoms with Crippen molar-refractivity contribution in [2.24, 2.45) is 0 Å². The normalized spacial score (nSPS) is 11.7. The van der Waals surface area contributed by atoms with Crippen molar-refractivity contribution in [3.63, 3.8) is 0 Å². The Hall–Kier alpha value is -1.04. The molecule has 0 aliphatic heterocycles. The molecule has 0 spiro atoms. The van der Waals surface area contributed by atoms with E-state index in [1.165, 1.54) is 5.56 Å². The average Bonchev–Trinajstić information content (AvgIpc) is 2.05. The van der Waals surface area contributed by atoms with Gasteiger partial charge >= 0.3 is 0 Å². The Bertz CT molecular complexity index is 240. The molecular weight excluding hydrogens is 144 g/mol. The number of rotatable bonds is 3. The maximum Gasteiger partial charge on any atom is -0.0244 e. The van der Waals surface area contributed by atoms with Gasteiger partial charge in [0, 0.05) is 0 Å². The molecule has 0 aromatic heterocycles. The van der Waals surface area contributed by atoms with Gasteiger partial charge in [0.1, 0.15) is 0 Å². The van der Waals surface area contributed by atoms with E-state index in [0.29, 0.717) is 0 Å². The molecule has 0 bridgehead atoms. The summed E-state index contributed by atoms with van der Waals surface area (Å²) in [4.78, 5) is 0. The molecule has 0 unspecified atom stereocenters. The van der Waals surface area contributed by atoms with Gasteiger partial charge < -0.3 is 0 Å². The molecule has 63 valence electrons. The first-order valence-corrected chi connectivity index (χ1v) is 4.31. The summed E-state index contributed by atoms with van der Waals surface area (Å²) in [6.07, 6.45) is 4.39. The zero-order valence-electron chi connectivity index (χ0n) is 7.59. The SMILES string of the molecule is [CH2]C(C)=CCCc1ccccc1. The highest BCUT2D eigenvalue weighted by Gasteiger charge is 1.87. The summed E-state index contributed by atoms with van der Waals surface area (Å²) < 4.78 is 0. The highest BCUT2D eigenvalue weighted by molar-refractivity contribution is 5.15. The molecule has 0 atom stereocenters. The Balaban J connectivity index is 2.39. The third-order valence-corrected chi connectivity index (χ3v) is 1.77. The number of hydrogen-bond acceptors (Lipinski definition) is 0. The maximum absolute atomic E-state index is 3.83. The van der Waals surface area contributed by atoms with Crippen LogP contribution in [0.3, 0.4) is 0 Å². The Labute approximate surface area is 74.9 Å². The maximum atomic E-state index is 3.83. The zero-order valence-corrected chi connectivity index (χ0v) is 7.59. The van der Waals surface area contributed by atoms with Crippen molar-refractivity contribution in [1.82, 2.24) is 0 Å². The third kappa shape index (κ3) is 3.38. The molecule has 0 nitrogen and oxygen atoms in total. The molecule has 0 saturated carbocycles. The predicted octanol–water partition coefficient (Wildman–Crippen LogP) is 3.40. The van der Waals surface area contributed by atoms with Crippen LogP contribution in [0.15, 0.2) is 42.0 Å². The van der Waals surface area contributed by atoms with Crippen LogP contribution in [-0.4, -0.2) is 0 Å². The van der Waals surface area contributed by atoms with Crippen LogP contribution in [0.4, 0.5) is 0 Å². The van der Waals surface area contributed by atoms with E-state index in [0.717, 1.165) is 18.4 Å². The first-order valence-electron chi connectivity index (χ1n) is 4.31. The topological polar surface area (TPSA) is 0 Å². The number of hydrogen-bond donors (Lipinski definition) is 0. The van der Waals surface area contributed by atoms with Gasteiger partial charge in [-0.25, -0.2) is 0 Å². The lowest BCUT2D eigenvalue weighted by Gasteiger charge is -1.96. The summed E-state index contributed by atoms with van der Waals surface area (Å²) in [5.74, 6) is 0. The fourth-order valence-electron chi connectivity index (χ4n) is 1.13. The largest absolute Gasteiger partial charge is 0.0853 e. The van der Waals surface area contributed by atoms with Crippen LogP contribution in [0.1, 0.15) is 18.9 Å². The first-order chi connectivity index (χ1) is 5.79. The fraction of sp³-hybridized carbons (Fsp3) is 0.250. The highest BCUT2D eigenvalue weighted by Crippen LogP contribution is 2.03. The number of allylic oxidation sites excluding steroid dienone is 2. The van der Waals surface area contributed by atoms with Crippen molar-refractivity contribution in [3.05, 3.63) is 54.5 Å². The second-order valence-electron chi connectivity index (χ2n) is 3.07. The molecular formula is C12H15. The van der Waals surface area contributed by atoms with Crippen molar-refractivity contribution in [2.45, 2.75) is 19.8 Å². The van der Waals surface area contributed by atoms with Gasteiger partial charge in [-0.05, 0) is 32.3 Å². The Kier molecular flexibility index (Phi) is 3.59. The third-order valence-electron chi connectivity index (χ3n) is 1.77. The molecule has 1 aromatic rings. The molecule has 0 aliphatic carbocycles. The number of aryl methyl sites for hydroxylation is 1. The van der Waals surface area contributed by atoms with Gasteiger partial charge in [0.25, 0.3) is 0 Å². The van der Waals surface area contributed by atoms with Crippen LogP contribution in [0.5, 0.6) is 0 Å². The van der Waals surface area contributed by atoms with E-state index in [1.54, 1.807) is 0 Å². The highest BCUT2D eigenvalue weighted by atomic mass is 13.9. The first kappa shape index (κ1) is 9.05. The predicted molar refractivity (Wildman–Crippen MR) is 53.9 cm³/mol. The smallest absolute Gasteiger partial charge is 0.0244 e. The van der Waals surface area contributed by atoms with E-state index in [9.17, 15) is 0 Å². The monoisotopic (exact) mass is 159 g/mol. The Morgan fingerprint density at radius 3 is 2.58 bits per heavy atom. The van der Waals surface area contributed by atoms with Gasteiger partial charge in [0.15, 0.2) is 0 Å². The van der Waals surface area contributed by atoms with E-state index >= 15 is 0 Å². The van der Waals surface area contributed by atoms with Gasteiger partial charge in [0.05, 0.1) is 0 Å². The molecule has 12 heavy (non-hydrogen) atoms. The molecule has 1 rings (SSSR count). The minimum Gasteiger partial charge on any atom is -0.0853 e.